The quantitative estimate of drug-likeness (QED) is 0.782. The van der Waals surface area contributed by atoms with Crippen LogP contribution in [0.5, 0.6) is 0 Å². The molecule has 1 fully saturated rings. The minimum absolute atomic E-state index is 0.0152. The van der Waals surface area contributed by atoms with Crippen molar-refractivity contribution in [1.82, 2.24) is 0 Å². The molecule has 1 heterocycles. The fraction of sp³-hybridized carbons (Fsp3) is 0.458. The second kappa shape index (κ2) is 7.12. The summed E-state index contributed by atoms with van der Waals surface area (Å²) >= 11 is 0. The molecule has 0 bridgehead atoms. The van der Waals surface area contributed by atoms with Crippen LogP contribution in [-0.2, 0) is 21.7 Å². The average molecular weight is 364 g/mol. The number of benzene rings is 2. The van der Waals surface area contributed by atoms with E-state index in [9.17, 15) is 4.79 Å². The lowest BCUT2D eigenvalue weighted by Crippen LogP contribution is -2.36. The van der Waals surface area contributed by atoms with E-state index in [1.165, 1.54) is 22.3 Å². The predicted octanol–water partition coefficient (Wildman–Crippen LogP) is 5.49. The molecule has 1 atom stereocenters. The van der Waals surface area contributed by atoms with Crippen molar-refractivity contribution in [2.75, 3.05) is 5.32 Å². The van der Waals surface area contributed by atoms with Crippen molar-refractivity contribution in [2.45, 2.75) is 58.7 Å². The minimum Gasteiger partial charge on any atom is -0.366 e. The Morgan fingerprint density at radius 2 is 1.81 bits per heavy atom. The largest absolute Gasteiger partial charge is 0.366 e. The maximum atomic E-state index is 12.7. The van der Waals surface area contributed by atoms with Crippen LogP contribution in [0.2, 0.25) is 0 Å². The summed E-state index contributed by atoms with van der Waals surface area (Å²) in [5.41, 5.74) is 6.07. The SMILES string of the molecule is Cc1ccc(NC(=O)C(C)C2CCC3(CC2)OCc2cccc(C)c23)cc1. The first-order chi connectivity index (χ1) is 13.0. The molecule has 0 saturated heterocycles. The highest BCUT2D eigenvalue weighted by molar-refractivity contribution is 5.92. The zero-order valence-corrected chi connectivity index (χ0v) is 16.5. The molecule has 27 heavy (non-hydrogen) atoms. The van der Waals surface area contributed by atoms with E-state index < -0.39 is 0 Å². The maximum Gasteiger partial charge on any atom is 0.227 e. The summed E-state index contributed by atoms with van der Waals surface area (Å²) < 4.78 is 6.33. The Morgan fingerprint density at radius 3 is 2.52 bits per heavy atom. The van der Waals surface area contributed by atoms with Gasteiger partial charge in [0.25, 0.3) is 0 Å². The van der Waals surface area contributed by atoms with Crippen molar-refractivity contribution in [3.05, 3.63) is 64.7 Å². The topological polar surface area (TPSA) is 38.3 Å². The molecule has 142 valence electrons. The summed E-state index contributed by atoms with van der Waals surface area (Å²) in [5, 5.41) is 3.08. The third kappa shape index (κ3) is 3.41. The molecule has 1 N–H and O–H groups in total. The van der Waals surface area contributed by atoms with E-state index in [0.717, 1.165) is 38.0 Å². The molecule has 4 rings (SSSR count). The van der Waals surface area contributed by atoms with E-state index in [1.807, 2.05) is 24.3 Å². The molecule has 0 radical (unpaired) electrons. The molecule has 1 aliphatic carbocycles. The van der Waals surface area contributed by atoms with Gasteiger partial charge in [0.1, 0.15) is 0 Å². The Hall–Kier alpha value is -2.13. The normalized spacial score (nSPS) is 25.2. The number of carbonyl (C=O) groups is 1. The summed E-state index contributed by atoms with van der Waals surface area (Å²) in [6.07, 6.45) is 4.10. The third-order valence-corrected chi connectivity index (χ3v) is 6.60. The monoisotopic (exact) mass is 363 g/mol. The highest BCUT2D eigenvalue weighted by atomic mass is 16.5. The van der Waals surface area contributed by atoms with E-state index in [2.05, 4.69) is 44.3 Å². The van der Waals surface area contributed by atoms with E-state index in [0.29, 0.717) is 5.92 Å². The number of rotatable bonds is 3. The van der Waals surface area contributed by atoms with Gasteiger partial charge in [0.05, 0.1) is 12.2 Å². The van der Waals surface area contributed by atoms with Gasteiger partial charge < -0.3 is 10.1 Å². The second-order valence-corrected chi connectivity index (χ2v) is 8.37. The highest BCUT2D eigenvalue weighted by Gasteiger charge is 2.45. The van der Waals surface area contributed by atoms with Crippen molar-refractivity contribution in [3.8, 4) is 0 Å². The van der Waals surface area contributed by atoms with E-state index in [1.54, 1.807) is 0 Å². The van der Waals surface area contributed by atoms with Crippen molar-refractivity contribution in [2.24, 2.45) is 11.8 Å². The fourth-order valence-electron chi connectivity index (χ4n) is 4.90. The van der Waals surface area contributed by atoms with Gasteiger partial charge in [0, 0.05) is 11.6 Å². The standard InChI is InChI=1S/C24H29NO2/c1-16-7-9-21(10-8-16)25-23(26)18(3)19-11-13-24(14-12-19)22-17(2)5-4-6-20(22)15-27-24/h4-10,18-19H,11-15H2,1-3H3,(H,25,26). The molecule has 2 aliphatic rings. The van der Waals surface area contributed by atoms with Crippen LogP contribution in [0, 0.1) is 25.7 Å². The van der Waals surface area contributed by atoms with E-state index in [4.69, 9.17) is 4.74 Å². The van der Waals surface area contributed by atoms with Gasteiger partial charge in [-0.2, -0.15) is 0 Å². The van der Waals surface area contributed by atoms with Gasteiger partial charge in [-0.1, -0.05) is 42.8 Å². The molecule has 1 aliphatic heterocycles. The summed E-state index contributed by atoms with van der Waals surface area (Å²) in [4.78, 5) is 12.7. The first-order valence-electron chi connectivity index (χ1n) is 10.1. The molecule has 1 saturated carbocycles. The van der Waals surface area contributed by atoms with Gasteiger partial charge in [0.2, 0.25) is 5.91 Å². The van der Waals surface area contributed by atoms with Gasteiger partial charge in [-0.05, 0) is 74.3 Å². The molecule has 1 unspecified atom stereocenters. The van der Waals surface area contributed by atoms with Crippen LogP contribution in [-0.4, -0.2) is 5.91 Å². The average Bonchev–Trinajstić information content (AvgIpc) is 3.03. The molecule has 2 aromatic rings. The van der Waals surface area contributed by atoms with Crippen molar-refractivity contribution in [3.63, 3.8) is 0 Å². The van der Waals surface area contributed by atoms with Gasteiger partial charge >= 0.3 is 0 Å². The molecule has 1 amide bonds. The number of hydrogen-bond acceptors (Lipinski definition) is 2. The second-order valence-electron chi connectivity index (χ2n) is 8.37. The minimum atomic E-state index is -0.121. The number of anilines is 1. The van der Waals surface area contributed by atoms with Crippen molar-refractivity contribution >= 4 is 11.6 Å². The highest BCUT2D eigenvalue weighted by Crippen LogP contribution is 2.50. The molecular weight excluding hydrogens is 334 g/mol. The number of hydrogen-bond donors (Lipinski definition) is 1. The lowest BCUT2D eigenvalue weighted by Gasteiger charge is -2.39. The van der Waals surface area contributed by atoms with Crippen LogP contribution in [0.1, 0.15) is 54.9 Å². The van der Waals surface area contributed by atoms with E-state index >= 15 is 0 Å². The Labute approximate surface area is 162 Å². The van der Waals surface area contributed by atoms with Crippen molar-refractivity contribution in [1.29, 1.82) is 0 Å². The molecular formula is C24H29NO2. The van der Waals surface area contributed by atoms with Crippen LogP contribution in [0.15, 0.2) is 42.5 Å². The number of ether oxygens (including phenoxy) is 1. The van der Waals surface area contributed by atoms with Gasteiger partial charge in [0.15, 0.2) is 0 Å². The number of nitrogens with one attached hydrogen (secondary N) is 1. The first kappa shape index (κ1) is 18.2. The summed E-state index contributed by atoms with van der Waals surface area (Å²) in [7, 11) is 0. The van der Waals surface area contributed by atoms with Crippen LogP contribution in [0.4, 0.5) is 5.69 Å². The zero-order chi connectivity index (χ0) is 19.0. The summed E-state index contributed by atoms with van der Waals surface area (Å²) in [5.74, 6) is 0.558. The molecule has 0 aromatic heterocycles. The van der Waals surface area contributed by atoms with Crippen LogP contribution in [0.25, 0.3) is 0 Å². The number of amides is 1. The summed E-state index contributed by atoms with van der Waals surface area (Å²) in [6.45, 7) is 7.04. The molecule has 2 aromatic carbocycles. The van der Waals surface area contributed by atoms with Crippen LogP contribution >= 0.6 is 0 Å². The lowest BCUT2D eigenvalue weighted by atomic mass is 9.70. The smallest absolute Gasteiger partial charge is 0.227 e. The van der Waals surface area contributed by atoms with Gasteiger partial charge in [-0.15, -0.1) is 0 Å². The Morgan fingerprint density at radius 1 is 1.11 bits per heavy atom. The number of aryl methyl sites for hydroxylation is 2. The van der Waals surface area contributed by atoms with Gasteiger partial charge in [-0.25, -0.2) is 0 Å². The molecule has 1 spiro atoms. The Bertz CT molecular complexity index is 832. The number of fused-ring (bicyclic) bond motifs is 2. The maximum absolute atomic E-state index is 12.7. The van der Waals surface area contributed by atoms with E-state index in [-0.39, 0.29) is 17.4 Å². The first-order valence-corrected chi connectivity index (χ1v) is 10.1. The Balaban J connectivity index is 1.41. The van der Waals surface area contributed by atoms with Crippen LogP contribution < -0.4 is 5.32 Å². The number of carbonyl (C=O) groups excluding carboxylic acids is 1. The van der Waals surface area contributed by atoms with Gasteiger partial charge in [-0.3, -0.25) is 4.79 Å². The van der Waals surface area contributed by atoms with Crippen LogP contribution in [0.3, 0.4) is 0 Å². The lowest BCUT2D eigenvalue weighted by molar-refractivity contribution is -0.123. The van der Waals surface area contributed by atoms with Crippen molar-refractivity contribution < 1.29 is 9.53 Å². The predicted molar refractivity (Wildman–Crippen MR) is 109 cm³/mol. The molecule has 3 nitrogen and oxygen atoms in total. The summed E-state index contributed by atoms with van der Waals surface area (Å²) in [6, 6.07) is 14.5. The molecule has 3 heteroatoms. The third-order valence-electron chi connectivity index (χ3n) is 6.60. The Kier molecular flexibility index (Phi) is 4.81. The zero-order valence-electron chi connectivity index (χ0n) is 16.5. The fourth-order valence-corrected chi connectivity index (χ4v) is 4.90.